The van der Waals surface area contributed by atoms with Crippen molar-refractivity contribution in [3.05, 3.63) is 26.6 Å². The van der Waals surface area contributed by atoms with Gasteiger partial charge in [0.2, 0.25) is 0 Å². The summed E-state index contributed by atoms with van der Waals surface area (Å²) in [5.74, 6) is -0.284. The molecule has 0 atom stereocenters. The quantitative estimate of drug-likeness (QED) is 0.612. The monoisotopic (exact) mass is 392 g/mol. The maximum atomic E-state index is 10.9. The molecule has 0 unspecified atom stereocenters. The highest BCUT2D eigenvalue weighted by Crippen LogP contribution is 2.35. The minimum Gasteiger partial charge on any atom is -0.491 e. The number of ether oxygens (including phenoxy) is 1. The summed E-state index contributed by atoms with van der Waals surface area (Å²) in [7, 11) is 0. The molecule has 0 radical (unpaired) electrons. The van der Waals surface area contributed by atoms with Gasteiger partial charge in [0, 0.05) is 0 Å². The van der Waals surface area contributed by atoms with Crippen LogP contribution < -0.4 is 4.74 Å². The Bertz CT molecular complexity index is 410. The molecule has 0 heterocycles. The van der Waals surface area contributed by atoms with Crippen LogP contribution in [0.5, 0.6) is 5.75 Å². The molecule has 0 saturated carbocycles. The van der Waals surface area contributed by atoms with Crippen LogP contribution >= 0.6 is 31.9 Å². The molecule has 0 saturated heterocycles. The summed E-state index contributed by atoms with van der Waals surface area (Å²) >= 11 is 6.68. The summed E-state index contributed by atoms with van der Waals surface area (Å²) in [5.41, 5.74) is 0.231. The number of hydrogen-bond donors (Lipinski definition) is 1. The number of benzene rings is 1. The van der Waals surface area contributed by atoms with Crippen molar-refractivity contribution in [2.45, 2.75) is 39.0 Å². The summed E-state index contributed by atoms with van der Waals surface area (Å²) in [6.45, 7) is 2.84. The van der Waals surface area contributed by atoms with Crippen molar-refractivity contribution in [2.75, 3.05) is 6.61 Å². The van der Waals surface area contributed by atoms with Gasteiger partial charge in [0.25, 0.3) is 0 Å². The van der Waals surface area contributed by atoms with Gasteiger partial charge in [0.15, 0.2) is 0 Å². The third kappa shape index (κ3) is 5.53. The number of carboxylic acids is 1. The standard InChI is InChI=1S/C14H18Br2O3/c1-2-3-4-5-6-7-19-13-11(15)8-10(14(17)18)9-12(13)16/h8-9H,2-7H2,1H3,(H,17,18). The highest BCUT2D eigenvalue weighted by molar-refractivity contribution is 9.11. The number of hydrogen-bond acceptors (Lipinski definition) is 2. The average Bonchev–Trinajstić information content (AvgIpc) is 2.35. The topological polar surface area (TPSA) is 46.5 Å². The molecule has 1 rings (SSSR count). The molecule has 1 aromatic carbocycles. The molecule has 19 heavy (non-hydrogen) atoms. The van der Waals surface area contributed by atoms with Crippen LogP contribution in [0.15, 0.2) is 21.1 Å². The second-order valence-corrected chi connectivity index (χ2v) is 6.05. The number of aromatic carboxylic acids is 1. The zero-order valence-corrected chi connectivity index (χ0v) is 14.1. The molecule has 0 aromatic heterocycles. The molecule has 0 amide bonds. The Labute approximate surface area is 130 Å². The number of carboxylic acid groups (broad SMARTS) is 1. The summed E-state index contributed by atoms with van der Waals surface area (Å²) < 4.78 is 7.02. The van der Waals surface area contributed by atoms with Crippen LogP contribution in [0.1, 0.15) is 49.4 Å². The smallest absolute Gasteiger partial charge is 0.335 e. The van der Waals surface area contributed by atoms with Crippen LogP contribution in [0.25, 0.3) is 0 Å². The molecule has 106 valence electrons. The largest absolute Gasteiger partial charge is 0.491 e. The second kappa shape index (κ2) is 8.59. The lowest BCUT2D eigenvalue weighted by Gasteiger charge is -2.11. The number of halogens is 2. The van der Waals surface area contributed by atoms with Gasteiger partial charge < -0.3 is 9.84 Å². The van der Waals surface area contributed by atoms with Gasteiger partial charge in [-0.25, -0.2) is 4.79 Å². The predicted molar refractivity (Wildman–Crippen MR) is 83.1 cm³/mol. The van der Waals surface area contributed by atoms with Gasteiger partial charge in [-0.1, -0.05) is 32.6 Å². The summed E-state index contributed by atoms with van der Waals surface area (Å²) in [6, 6.07) is 3.11. The molecule has 1 N–H and O–H groups in total. The van der Waals surface area contributed by atoms with Crippen molar-refractivity contribution < 1.29 is 14.6 Å². The maximum Gasteiger partial charge on any atom is 0.335 e. The van der Waals surface area contributed by atoms with Gasteiger partial charge in [0.1, 0.15) is 5.75 Å². The third-order valence-electron chi connectivity index (χ3n) is 2.74. The second-order valence-electron chi connectivity index (χ2n) is 4.34. The van der Waals surface area contributed by atoms with Crippen LogP contribution in [-0.2, 0) is 0 Å². The van der Waals surface area contributed by atoms with Gasteiger partial charge in [-0.3, -0.25) is 0 Å². The first kappa shape index (κ1) is 16.5. The molecule has 0 aliphatic rings. The van der Waals surface area contributed by atoms with E-state index in [2.05, 4.69) is 38.8 Å². The summed E-state index contributed by atoms with van der Waals surface area (Å²) in [6.07, 6.45) is 5.91. The van der Waals surface area contributed by atoms with Crippen LogP contribution in [0.2, 0.25) is 0 Å². The highest BCUT2D eigenvalue weighted by Gasteiger charge is 2.12. The van der Waals surface area contributed by atoms with E-state index >= 15 is 0 Å². The molecule has 0 fully saturated rings. The van der Waals surface area contributed by atoms with E-state index in [0.29, 0.717) is 21.3 Å². The van der Waals surface area contributed by atoms with E-state index in [9.17, 15) is 4.79 Å². The van der Waals surface area contributed by atoms with Gasteiger partial charge in [-0.05, 0) is 50.4 Å². The third-order valence-corrected chi connectivity index (χ3v) is 3.92. The van der Waals surface area contributed by atoms with Crippen LogP contribution in [0.3, 0.4) is 0 Å². The molecule has 0 spiro atoms. The minimum atomic E-state index is -0.951. The SMILES string of the molecule is CCCCCCCOc1c(Br)cc(C(=O)O)cc1Br. The number of rotatable bonds is 8. The first-order chi connectivity index (χ1) is 9.06. The Hall–Kier alpha value is -0.550. The molecule has 1 aromatic rings. The van der Waals surface area contributed by atoms with Crippen LogP contribution in [-0.4, -0.2) is 17.7 Å². The van der Waals surface area contributed by atoms with E-state index in [1.54, 1.807) is 12.1 Å². The van der Waals surface area contributed by atoms with Crippen molar-refractivity contribution >= 4 is 37.8 Å². The predicted octanol–water partition coefficient (Wildman–Crippen LogP) is 5.26. The Balaban J connectivity index is 2.52. The van der Waals surface area contributed by atoms with E-state index in [0.717, 1.165) is 12.8 Å². The van der Waals surface area contributed by atoms with Gasteiger partial charge in [-0.15, -0.1) is 0 Å². The Morgan fingerprint density at radius 3 is 2.26 bits per heavy atom. The van der Waals surface area contributed by atoms with Crippen molar-refractivity contribution in [3.8, 4) is 5.75 Å². The van der Waals surface area contributed by atoms with Gasteiger partial charge in [0.05, 0.1) is 21.1 Å². The molecular weight excluding hydrogens is 376 g/mol. The van der Waals surface area contributed by atoms with Gasteiger partial charge in [-0.2, -0.15) is 0 Å². The first-order valence-electron chi connectivity index (χ1n) is 6.41. The van der Waals surface area contributed by atoms with Gasteiger partial charge >= 0.3 is 5.97 Å². The lowest BCUT2D eigenvalue weighted by molar-refractivity contribution is 0.0696. The lowest BCUT2D eigenvalue weighted by Crippen LogP contribution is -2.01. The fraction of sp³-hybridized carbons (Fsp3) is 0.500. The fourth-order valence-corrected chi connectivity index (χ4v) is 3.12. The normalized spacial score (nSPS) is 10.5. The van der Waals surface area contributed by atoms with E-state index < -0.39 is 5.97 Å². The van der Waals surface area contributed by atoms with Crippen molar-refractivity contribution in [3.63, 3.8) is 0 Å². The highest BCUT2D eigenvalue weighted by atomic mass is 79.9. The fourth-order valence-electron chi connectivity index (χ4n) is 1.70. The van der Waals surface area contributed by atoms with Crippen molar-refractivity contribution in [1.82, 2.24) is 0 Å². The number of carbonyl (C=O) groups is 1. The zero-order valence-electron chi connectivity index (χ0n) is 10.9. The molecule has 5 heteroatoms. The average molecular weight is 394 g/mol. The van der Waals surface area contributed by atoms with Crippen LogP contribution in [0, 0.1) is 0 Å². The summed E-state index contributed by atoms with van der Waals surface area (Å²) in [4.78, 5) is 10.9. The molecule has 0 aliphatic heterocycles. The van der Waals surface area contributed by atoms with Crippen molar-refractivity contribution in [1.29, 1.82) is 0 Å². The Kier molecular flexibility index (Phi) is 7.46. The van der Waals surface area contributed by atoms with Crippen LogP contribution in [0.4, 0.5) is 0 Å². The molecule has 0 bridgehead atoms. The first-order valence-corrected chi connectivity index (χ1v) is 8.00. The summed E-state index contributed by atoms with van der Waals surface area (Å²) in [5, 5.41) is 8.94. The minimum absolute atomic E-state index is 0.231. The Morgan fingerprint density at radius 1 is 1.16 bits per heavy atom. The number of unbranched alkanes of at least 4 members (excludes halogenated alkanes) is 4. The molecule has 3 nitrogen and oxygen atoms in total. The van der Waals surface area contributed by atoms with Crippen molar-refractivity contribution in [2.24, 2.45) is 0 Å². The van der Waals surface area contributed by atoms with E-state index in [1.807, 2.05) is 0 Å². The van der Waals surface area contributed by atoms with E-state index in [4.69, 9.17) is 9.84 Å². The molecular formula is C14H18Br2O3. The maximum absolute atomic E-state index is 10.9. The lowest BCUT2D eigenvalue weighted by atomic mass is 10.2. The van der Waals surface area contributed by atoms with E-state index in [-0.39, 0.29) is 5.56 Å². The molecule has 0 aliphatic carbocycles. The van der Waals surface area contributed by atoms with E-state index in [1.165, 1.54) is 19.3 Å². The zero-order chi connectivity index (χ0) is 14.3. The Morgan fingerprint density at radius 2 is 1.74 bits per heavy atom.